The first-order valence-corrected chi connectivity index (χ1v) is 8.45. The number of hydrogen-bond acceptors (Lipinski definition) is 4. The van der Waals surface area contributed by atoms with E-state index < -0.39 is 5.75 Å². The van der Waals surface area contributed by atoms with E-state index in [0.717, 1.165) is 16.7 Å². The smallest absolute Gasteiger partial charge is 0.232 e. The van der Waals surface area contributed by atoms with Crippen LogP contribution in [0.2, 0.25) is 0 Å². The summed E-state index contributed by atoms with van der Waals surface area (Å²) in [5, 5.41) is 19.5. The maximum absolute atomic E-state index is 12.5. The Hall–Kier alpha value is -3.79. The second kappa shape index (κ2) is 6.84. The van der Waals surface area contributed by atoms with Crippen LogP contribution in [-0.4, -0.2) is 16.0 Å². The number of ketones is 1. The molecular weight excluding hydrogens is 340 g/mol. The van der Waals surface area contributed by atoms with E-state index in [1.165, 1.54) is 12.1 Å². The normalized spacial score (nSPS) is 13.9. The number of benzene rings is 3. The number of ether oxygens (including phenoxy) is 1. The van der Waals surface area contributed by atoms with Crippen molar-refractivity contribution in [3.8, 4) is 17.2 Å². The maximum atomic E-state index is 12.5. The fraction of sp³-hybridized carbons (Fsp3) is 0. The molecule has 1 aliphatic rings. The SMILES string of the molecule is O=C1/C(=C\C=C(c2ccccc2)c2ccccc2)Oc2c1ccc(O)c2O. The first kappa shape index (κ1) is 16.7. The lowest BCUT2D eigenvalue weighted by molar-refractivity contribution is 0.101. The van der Waals surface area contributed by atoms with Gasteiger partial charge in [-0.25, -0.2) is 0 Å². The van der Waals surface area contributed by atoms with Gasteiger partial charge in [0, 0.05) is 0 Å². The molecule has 0 radical (unpaired) electrons. The highest BCUT2D eigenvalue weighted by atomic mass is 16.5. The van der Waals surface area contributed by atoms with Crippen molar-refractivity contribution in [1.82, 2.24) is 0 Å². The minimum atomic E-state index is -0.431. The Kier molecular flexibility index (Phi) is 4.22. The summed E-state index contributed by atoms with van der Waals surface area (Å²) >= 11 is 0. The van der Waals surface area contributed by atoms with Crippen molar-refractivity contribution in [3.05, 3.63) is 107 Å². The number of phenolic OH excluding ortho intramolecular Hbond substituents is 2. The number of carbonyl (C=O) groups excluding carboxylic acids is 1. The zero-order chi connectivity index (χ0) is 18.8. The molecule has 0 fully saturated rings. The Bertz CT molecular complexity index is 1020. The lowest BCUT2D eigenvalue weighted by atomic mass is 9.97. The average molecular weight is 356 g/mol. The van der Waals surface area contributed by atoms with Crippen LogP contribution in [0.1, 0.15) is 21.5 Å². The van der Waals surface area contributed by atoms with Gasteiger partial charge in [0.25, 0.3) is 0 Å². The molecule has 0 aromatic heterocycles. The number of fused-ring (bicyclic) bond motifs is 1. The van der Waals surface area contributed by atoms with Gasteiger partial charge in [-0.1, -0.05) is 60.7 Å². The van der Waals surface area contributed by atoms with Crippen molar-refractivity contribution in [3.63, 3.8) is 0 Å². The summed E-state index contributed by atoms with van der Waals surface area (Å²) < 4.78 is 5.51. The number of rotatable bonds is 3. The number of carbonyl (C=O) groups is 1. The highest BCUT2D eigenvalue weighted by Gasteiger charge is 2.30. The van der Waals surface area contributed by atoms with Gasteiger partial charge in [-0.15, -0.1) is 0 Å². The van der Waals surface area contributed by atoms with Crippen molar-refractivity contribution in [2.45, 2.75) is 0 Å². The highest BCUT2D eigenvalue weighted by Crippen LogP contribution is 2.43. The van der Waals surface area contributed by atoms with E-state index in [0.29, 0.717) is 0 Å². The predicted octanol–water partition coefficient (Wildman–Crippen LogP) is 4.69. The van der Waals surface area contributed by atoms with Gasteiger partial charge >= 0.3 is 0 Å². The third-order valence-electron chi connectivity index (χ3n) is 4.36. The molecule has 0 atom stereocenters. The summed E-state index contributed by atoms with van der Waals surface area (Å²) in [4.78, 5) is 12.5. The van der Waals surface area contributed by atoms with Crippen molar-refractivity contribution in [1.29, 1.82) is 0 Å². The van der Waals surface area contributed by atoms with Crippen LogP contribution in [0.25, 0.3) is 5.57 Å². The predicted molar refractivity (Wildman–Crippen MR) is 103 cm³/mol. The maximum Gasteiger partial charge on any atom is 0.232 e. The monoisotopic (exact) mass is 356 g/mol. The van der Waals surface area contributed by atoms with Gasteiger partial charge in [-0.2, -0.15) is 0 Å². The number of Topliss-reactive ketones (excluding diaryl/α,β-unsaturated/α-hetero) is 1. The first-order valence-electron chi connectivity index (χ1n) is 8.45. The summed E-state index contributed by atoms with van der Waals surface area (Å²) in [6, 6.07) is 22.4. The van der Waals surface area contributed by atoms with Crippen molar-refractivity contribution in [2.24, 2.45) is 0 Å². The highest BCUT2D eigenvalue weighted by molar-refractivity contribution is 6.13. The largest absolute Gasteiger partial charge is 0.504 e. The topological polar surface area (TPSA) is 66.8 Å². The summed E-state index contributed by atoms with van der Waals surface area (Å²) in [5.74, 6) is -1.01. The fourth-order valence-electron chi connectivity index (χ4n) is 3.00. The molecule has 3 aromatic rings. The van der Waals surface area contributed by atoms with Crippen LogP contribution in [0.3, 0.4) is 0 Å². The van der Waals surface area contributed by atoms with E-state index in [2.05, 4.69) is 0 Å². The Labute approximate surface area is 156 Å². The van der Waals surface area contributed by atoms with Gasteiger partial charge in [-0.3, -0.25) is 4.79 Å². The second-order valence-corrected chi connectivity index (χ2v) is 6.08. The minimum absolute atomic E-state index is 0.0133. The second-order valence-electron chi connectivity index (χ2n) is 6.08. The quantitative estimate of drug-likeness (QED) is 0.528. The molecule has 0 amide bonds. The van der Waals surface area contributed by atoms with Crippen LogP contribution >= 0.6 is 0 Å². The van der Waals surface area contributed by atoms with E-state index in [1.807, 2.05) is 66.7 Å². The van der Waals surface area contributed by atoms with Crippen molar-refractivity contribution in [2.75, 3.05) is 0 Å². The van der Waals surface area contributed by atoms with Crippen LogP contribution in [0, 0.1) is 0 Å². The molecule has 4 rings (SSSR count). The third-order valence-corrected chi connectivity index (χ3v) is 4.36. The standard InChI is InChI=1S/C23H16O4/c24-19-13-11-18-21(25)20(27-23(18)22(19)26)14-12-17(15-7-3-1-4-8-15)16-9-5-2-6-10-16/h1-14,24,26H/b20-14+. The molecule has 1 heterocycles. The minimum Gasteiger partial charge on any atom is -0.504 e. The summed E-state index contributed by atoms with van der Waals surface area (Å²) in [6.45, 7) is 0. The molecule has 2 N–H and O–H groups in total. The molecule has 132 valence electrons. The molecule has 4 heteroatoms. The molecule has 3 aromatic carbocycles. The molecule has 0 unspecified atom stereocenters. The van der Waals surface area contributed by atoms with Crippen LogP contribution < -0.4 is 4.74 Å². The number of phenols is 2. The lowest BCUT2D eigenvalue weighted by Crippen LogP contribution is -1.98. The first-order chi connectivity index (χ1) is 13.1. The zero-order valence-corrected chi connectivity index (χ0v) is 14.3. The average Bonchev–Trinajstić information content (AvgIpc) is 3.03. The van der Waals surface area contributed by atoms with Gasteiger partial charge in [-0.05, 0) is 41.0 Å². The van der Waals surface area contributed by atoms with Gasteiger partial charge < -0.3 is 14.9 Å². The molecule has 0 saturated heterocycles. The van der Waals surface area contributed by atoms with Gasteiger partial charge in [0.1, 0.15) is 0 Å². The zero-order valence-electron chi connectivity index (χ0n) is 14.3. The van der Waals surface area contributed by atoms with E-state index in [-0.39, 0.29) is 28.6 Å². The Balaban J connectivity index is 1.77. The lowest BCUT2D eigenvalue weighted by Gasteiger charge is -2.07. The summed E-state index contributed by atoms with van der Waals surface area (Å²) in [7, 11) is 0. The van der Waals surface area contributed by atoms with Crippen LogP contribution in [0.5, 0.6) is 17.2 Å². The van der Waals surface area contributed by atoms with Crippen LogP contribution in [-0.2, 0) is 0 Å². The fourth-order valence-corrected chi connectivity index (χ4v) is 3.00. The molecule has 0 aliphatic carbocycles. The Morgan fingerprint density at radius 2 is 1.41 bits per heavy atom. The van der Waals surface area contributed by atoms with Gasteiger partial charge in [0.05, 0.1) is 5.56 Å². The van der Waals surface area contributed by atoms with Crippen molar-refractivity contribution >= 4 is 11.4 Å². The molecule has 0 bridgehead atoms. The molecule has 27 heavy (non-hydrogen) atoms. The Morgan fingerprint density at radius 3 is 2.00 bits per heavy atom. The van der Waals surface area contributed by atoms with Crippen LogP contribution in [0.4, 0.5) is 0 Å². The third kappa shape index (κ3) is 3.09. The Morgan fingerprint density at radius 1 is 0.815 bits per heavy atom. The van der Waals surface area contributed by atoms with Crippen molar-refractivity contribution < 1.29 is 19.7 Å². The summed E-state index contributed by atoms with van der Waals surface area (Å²) in [5.41, 5.74) is 3.17. The van der Waals surface area contributed by atoms with E-state index >= 15 is 0 Å². The molecule has 4 nitrogen and oxygen atoms in total. The molecular formula is C23H16O4. The number of hydrogen-bond donors (Lipinski definition) is 2. The van der Waals surface area contributed by atoms with Gasteiger partial charge in [0.15, 0.2) is 17.3 Å². The molecule has 0 spiro atoms. The van der Waals surface area contributed by atoms with Crippen LogP contribution in [0.15, 0.2) is 90.7 Å². The number of aromatic hydroxyl groups is 2. The van der Waals surface area contributed by atoms with Gasteiger partial charge in [0.2, 0.25) is 11.5 Å². The number of allylic oxidation sites excluding steroid dienone is 3. The summed E-state index contributed by atoms with van der Waals surface area (Å²) in [6.07, 6.45) is 3.41. The van der Waals surface area contributed by atoms with E-state index in [4.69, 9.17) is 4.74 Å². The molecule has 1 aliphatic heterocycles. The van der Waals surface area contributed by atoms with E-state index in [9.17, 15) is 15.0 Å². The van der Waals surface area contributed by atoms with E-state index in [1.54, 1.807) is 6.08 Å². The molecule has 0 saturated carbocycles.